The van der Waals surface area contributed by atoms with Gasteiger partial charge in [0.1, 0.15) is 0 Å². The summed E-state index contributed by atoms with van der Waals surface area (Å²) in [5.74, 6) is 0.269. The number of hydrogen-bond acceptors (Lipinski definition) is 2. The molecule has 0 spiro atoms. The number of halogens is 2. The molecule has 0 aromatic carbocycles. The maximum Gasteiger partial charge on any atom is 0.236 e. The fraction of sp³-hybridized carbons (Fsp3) is 0.833. The second-order valence-corrected chi connectivity index (χ2v) is 6.61. The van der Waals surface area contributed by atoms with Gasteiger partial charge >= 0.3 is 0 Å². The Hall–Kier alpha value is -0.100. The number of nitrogens with zero attached hydrogens (tertiary/aromatic N) is 2. The molecule has 1 saturated heterocycles. The van der Waals surface area contributed by atoms with E-state index in [9.17, 15) is 9.59 Å². The molecule has 0 aromatic rings. The van der Waals surface area contributed by atoms with Crippen LogP contribution in [0.25, 0.3) is 0 Å². The topological polar surface area (TPSA) is 40.6 Å². The highest BCUT2D eigenvalue weighted by atomic mass is 79.9. The molecule has 2 amide bonds. The summed E-state index contributed by atoms with van der Waals surface area (Å²) < 4.78 is 0. The molecule has 0 N–H and O–H groups in total. The molecular formula is C12H20Br2N2O2. The minimum Gasteiger partial charge on any atom is -0.338 e. The van der Waals surface area contributed by atoms with E-state index in [1.807, 2.05) is 23.6 Å². The van der Waals surface area contributed by atoms with E-state index >= 15 is 0 Å². The van der Waals surface area contributed by atoms with Crippen LogP contribution in [-0.4, -0.2) is 57.4 Å². The molecule has 1 fully saturated rings. The summed E-state index contributed by atoms with van der Waals surface area (Å²) in [5.41, 5.74) is 0. The summed E-state index contributed by atoms with van der Waals surface area (Å²) in [6.45, 7) is 6.50. The van der Waals surface area contributed by atoms with Crippen LogP contribution >= 0.6 is 31.9 Å². The Morgan fingerprint density at radius 2 is 1.17 bits per heavy atom. The molecule has 104 valence electrons. The molecule has 0 bridgehead atoms. The first-order valence-electron chi connectivity index (χ1n) is 6.36. The van der Waals surface area contributed by atoms with Gasteiger partial charge in [-0.3, -0.25) is 9.59 Å². The number of piperazine rings is 1. The third-order valence-corrected chi connectivity index (χ3v) is 5.23. The highest BCUT2D eigenvalue weighted by Crippen LogP contribution is 2.14. The van der Waals surface area contributed by atoms with Crippen LogP contribution in [0.4, 0.5) is 0 Å². The second-order valence-electron chi connectivity index (χ2n) is 4.40. The molecule has 4 nitrogen and oxygen atoms in total. The number of hydrogen-bond donors (Lipinski definition) is 0. The number of alkyl halides is 2. The lowest BCUT2D eigenvalue weighted by atomic mass is 10.2. The van der Waals surface area contributed by atoms with Gasteiger partial charge in [0, 0.05) is 26.2 Å². The fourth-order valence-corrected chi connectivity index (χ4v) is 2.47. The highest BCUT2D eigenvalue weighted by Gasteiger charge is 2.28. The Labute approximate surface area is 125 Å². The van der Waals surface area contributed by atoms with Gasteiger partial charge in [0.15, 0.2) is 0 Å². The van der Waals surface area contributed by atoms with Crippen LogP contribution in [0.2, 0.25) is 0 Å². The van der Waals surface area contributed by atoms with Crippen molar-refractivity contribution < 1.29 is 9.59 Å². The highest BCUT2D eigenvalue weighted by molar-refractivity contribution is 9.10. The molecule has 0 unspecified atom stereocenters. The minimum absolute atomic E-state index is 0.0979. The van der Waals surface area contributed by atoms with Crippen molar-refractivity contribution in [2.75, 3.05) is 26.2 Å². The number of carbonyl (C=O) groups is 2. The third-order valence-electron chi connectivity index (χ3n) is 3.16. The lowest BCUT2D eigenvalue weighted by molar-refractivity contribution is -0.138. The average Bonchev–Trinajstić information content (AvgIpc) is 2.44. The molecule has 1 aliphatic rings. The molecule has 0 saturated carbocycles. The van der Waals surface area contributed by atoms with E-state index in [-0.39, 0.29) is 21.5 Å². The van der Waals surface area contributed by atoms with Crippen LogP contribution in [0.15, 0.2) is 0 Å². The summed E-state index contributed by atoms with van der Waals surface area (Å²) in [4.78, 5) is 27.4. The average molecular weight is 384 g/mol. The van der Waals surface area contributed by atoms with Crippen molar-refractivity contribution in [3.05, 3.63) is 0 Å². The maximum absolute atomic E-state index is 12.0. The van der Waals surface area contributed by atoms with Crippen molar-refractivity contribution in [1.29, 1.82) is 0 Å². The maximum atomic E-state index is 12.0. The number of amides is 2. The van der Waals surface area contributed by atoms with Crippen molar-refractivity contribution in [2.45, 2.75) is 36.3 Å². The Morgan fingerprint density at radius 1 is 0.889 bits per heavy atom. The molecule has 1 rings (SSSR count). The molecule has 0 radical (unpaired) electrons. The van der Waals surface area contributed by atoms with Gasteiger partial charge in [0.2, 0.25) is 11.8 Å². The minimum atomic E-state index is -0.0979. The predicted molar refractivity (Wildman–Crippen MR) is 79.2 cm³/mol. The molecule has 0 aromatic heterocycles. The molecule has 18 heavy (non-hydrogen) atoms. The van der Waals surface area contributed by atoms with Gasteiger partial charge in [-0.15, -0.1) is 0 Å². The van der Waals surface area contributed by atoms with E-state index in [0.29, 0.717) is 26.2 Å². The van der Waals surface area contributed by atoms with Gasteiger partial charge in [0.05, 0.1) is 9.65 Å². The summed E-state index contributed by atoms with van der Waals surface area (Å²) in [6.07, 6.45) is 1.58. The van der Waals surface area contributed by atoms with Gasteiger partial charge in [-0.1, -0.05) is 45.7 Å². The molecule has 1 aliphatic heterocycles. The summed E-state index contributed by atoms with van der Waals surface area (Å²) >= 11 is 6.75. The largest absolute Gasteiger partial charge is 0.338 e. The zero-order valence-electron chi connectivity index (χ0n) is 10.9. The first-order chi connectivity index (χ1) is 8.51. The first kappa shape index (κ1) is 16.0. The van der Waals surface area contributed by atoms with Crippen molar-refractivity contribution >= 4 is 43.7 Å². The predicted octanol–water partition coefficient (Wildman–Crippen LogP) is 2.00. The van der Waals surface area contributed by atoms with Gasteiger partial charge < -0.3 is 9.80 Å². The number of rotatable bonds is 4. The van der Waals surface area contributed by atoms with Gasteiger partial charge in [-0.2, -0.15) is 0 Å². The van der Waals surface area contributed by atoms with Gasteiger partial charge in [-0.05, 0) is 12.8 Å². The van der Waals surface area contributed by atoms with Crippen molar-refractivity contribution in [3.63, 3.8) is 0 Å². The molecule has 6 heteroatoms. The smallest absolute Gasteiger partial charge is 0.236 e. The monoisotopic (exact) mass is 382 g/mol. The van der Waals surface area contributed by atoms with Crippen LogP contribution < -0.4 is 0 Å². The fourth-order valence-electron chi connectivity index (χ4n) is 1.89. The zero-order valence-corrected chi connectivity index (χ0v) is 14.0. The van der Waals surface area contributed by atoms with Gasteiger partial charge in [0.25, 0.3) is 0 Å². The van der Waals surface area contributed by atoms with E-state index in [4.69, 9.17) is 0 Å². The molecule has 0 aliphatic carbocycles. The first-order valence-corrected chi connectivity index (χ1v) is 8.20. The van der Waals surface area contributed by atoms with Crippen molar-refractivity contribution in [1.82, 2.24) is 9.80 Å². The summed E-state index contributed by atoms with van der Waals surface area (Å²) in [6, 6.07) is 0. The molecule has 2 atom stereocenters. The number of carbonyl (C=O) groups excluding carboxylic acids is 2. The summed E-state index contributed by atoms with van der Waals surface area (Å²) in [7, 11) is 0. The van der Waals surface area contributed by atoms with Crippen LogP contribution in [0.3, 0.4) is 0 Å². The Morgan fingerprint density at radius 3 is 1.39 bits per heavy atom. The van der Waals surface area contributed by atoms with E-state index in [1.54, 1.807) is 0 Å². The van der Waals surface area contributed by atoms with Crippen LogP contribution in [0.1, 0.15) is 26.7 Å². The van der Waals surface area contributed by atoms with Crippen LogP contribution in [0, 0.1) is 0 Å². The van der Waals surface area contributed by atoms with E-state index in [2.05, 4.69) is 31.9 Å². The molecular weight excluding hydrogens is 364 g/mol. The lowest BCUT2D eigenvalue weighted by Crippen LogP contribution is -2.53. The van der Waals surface area contributed by atoms with Crippen molar-refractivity contribution in [3.8, 4) is 0 Å². The van der Waals surface area contributed by atoms with E-state index < -0.39 is 0 Å². The standard InChI is InChI=1S/C12H20Br2N2O2/c1-3-9(13)11(17)15-5-7-16(8-6-15)12(18)10(14)4-2/h9-10H,3-8H2,1-2H3/t9-,10-/m0/s1. The van der Waals surface area contributed by atoms with Gasteiger partial charge in [-0.25, -0.2) is 0 Å². The van der Waals surface area contributed by atoms with Crippen LogP contribution in [0.5, 0.6) is 0 Å². The SMILES string of the molecule is CC[C@H](Br)C(=O)N1CCN(C(=O)[C@@H](Br)CC)CC1. The van der Waals surface area contributed by atoms with Crippen LogP contribution in [-0.2, 0) is 9.59 Å². The third kappa shape index (κ3) is 3.95. The molecule has 1 heterocycles. The van der Waals surface area contributed by atoms with E-state index in [1.165, 1.54) is 0 Å². The van der Waals surface area contributed by atoms with E-state index in [0.717, 1.165) is 12.8 Å². The quantitative estimate of drug-likeness (QED) is 0.696. The zero-order chi connectivity index (χ0) is 13.7. The second kappa shape index (κ2) is 7.48. The van der Waals surface area contributed by atoms with Crippen molar-refractivity contribution in [2.24, 2.45) is 0 Å². The Balaban J connectivity index is 2.46. The Kier molecular flexibility index (Phi) is 6.63. The normalized spacial score (nSPS) is 19.6. The lowest BCUT2D eigenvalue weighted by Gasteiger charge is -2.36. The Bertz CT molecular complexity index is 274. The summed E-state index contributed by atoms with van der Waals surface area (Å²) in [5, 5.41) is 0.